The van der Waals surface area contributed by atoms with Gasteiger partial charge in [0.25, 0.3) is 0 Å². The molecule has 0 aliphatic heterocycles. The highest BCUT2D eigenvalue weighted by molar-refractivity contribution is 8.00. The van der Waals surface area contributed by atoms with E-state index >= 15 is 0 Å². The van der Waals surface area contributed by atoms with Crippen LogP contribution in [0.15, 0.2) is 47.6 Å². The van der Waals surface area contributed by atoms with Crippen molar-refractivity contribution in [1.29, 1.82) is 5.26 Å². The molecule has 0 aliphatic rings. The van der Waals surface area contributed by atoms with Crippen LogP contribution in [0.1, 0.15) is 38.8 Å². The molecule has 0 radical (unpaired) electrons. The monoisotopic (exact) mass is 339 g/mol. The molecule has 0 fully saturated rings. The lowest BCUT2D eigenvalue weighted by atomic mass is 9.87. The van der Waals surface area contributed by atoms with E-state index in [9.17, 15) is 4.79 Å². The maximum atomic E-state index is 12.3. The van der Waals surface area contributed by atoms with Gasteiger partial charge in [0.1, 0.15) is 6.07 Å². The maximum Gasteiger partial charge on any atom is 0.237 e. The molecule has 1 heterocycles. The van der Waals surface area contributed by atoms with Crippen molar-refractivity contribution in [2.24, 2.45) is 0 Å². The van der Waals surface area contributed by atoms with Crippen LogP contribution in [-0.4, -0.2) is 16.1 Å². The highest BCUT2D eigenvalue weighted by Gasteiger charge is 2.16. The van der Waals surface area contributed by atoms with Gasteiger partial charge in [0.15, 0.2) is 0 Å². The third-order valence-corrected chi connectivity index (χ3v) is 4.60. The summed E-state index contributed by atoms with van der Waals surface area (Å²) in [7, 11) is 0. The fourth-order valence-corrected chi connectivity index (χ4v) is 2.84. The van der Waals surface area contributed by atoms with Crippen molar-refractivity contribution >= 4 is 23.4 Å². The SMILES string of the molecule is CC(Sc1ccc(C#N)cn1)C(=O)Nc1ccc(C(C)(C)C)cc1. The number of nitrogens with one attached hydrogen (secondary N) is 1. The van der Waals surface area contributed by atoms with Crippen LogP contribution in [0.25, 0.3) is 0 Å². The lowest BCUT2D eigenvalue weighted by Crippen LogP contribution is -2.22. The highest BCUT2D eigenvalue weighted by Crippen LogP contribution is 2.25. The first-order valence-corrected chi connectivity index (χ1v) is 8.62. The number of benzene rings is 1. The zero-order valence-corrected chi connectivity index (χ0v) is 15.1. The van der Waals surface area contributed by atoms with Crippen molar-refractivity contribution in [3.05, 3.63) is 53.7 Å². The molecule has 124 valence electrons. The molecule has 0 aliphatic carbocycles. The molecule has 2 rings (SSSR count). The number of hydrogen-bond acceptors (Lipinski definition) is 4. The average Bonchev–Trinajstić information content (AvgIpc) is 2.55. The van der Waals surface area contributed by atoms with Crippen LogP contribution >= 0.6 is 11.8 Å². The standard InChI is InChI=1S/C19H21N3OS/c1-13(24-17-10-5-14(11-20)12-21-17)18(23)22-16-8-6-15(7-9-16)19(2,3)4/h5-10,12-13H,1-4H3,(H,22,23). The summed E-state index contributed by atoms with van der Waals surface area (Å²) < 4.78 is 0. The van der Waals surface area contributed by atoms with Crippen molar-refractivity contribution in [3.8, 4) is 6.07 Å². The topological polar surface area (TPSA) is 65.8 Å². The van der Waals surface area contributed by atoms with E-state index in [2.05, 4.69) is 31.1 Å². The average molecular weight is 339 g/mol. The summed E-state index contributed by atoms with van der Waals surface area (Å²) in [6.07, 6.45) is 1.51. The molecule has 1 aromatic carbocycles. The summed E-state index contributed by atoms with van der Waals surface area (Å²) in [5.41, 5.74) is 2.61. The molecule has 0 bridgehead atoms. The fourth-order valence-electron chi connectivity index (χ4n) is 2.05. The summed E-state index contributed by atoms with van der Waals surface area (Å²) in [4.78, 5) is 16.5. The van der Waals surface area contributed by atoms with Crippen molar-refractivity contribution in [3.63, 3.8) is 0 Å². The molecule has 1 unspecified atom stereocenters. The van der Waals surface area contributed by atoms with Gasteiger partial charge < -0.3 is 5.32 Å². The van der Waals surface area contributed by atoms with Gasteiger partial charge in [0.2, 0.25) is 5.91 Å². The number of nitriles is 1. The number of anilines is 1. The summed E-state index contributed by atoms with van der Waals surface area (Å²) in [5, 5.41) is 12.1. The molecule has 1 amide bonds. The molecule has 0 spiro atoms. The molecule has 1 aromatic heterocycles. The zero-order chi connectivity index (χ0) is 17.7. The Labute approximate surface area is 147 Å². The molecule has 4 nitrogen and oxygen atoms in total. The maximum absolute atomic E-state index is 12.3. The number of pyridine rings is 1. The van der Waals surface area contributed by atoms with Gasteiger partial charge in [0, 0.05) is 11.9 Å². The zero-order valence-electron chi connectivity index (χ0n) is 14.3. The van der Waals surface area contributed by atoms with E-state index in [0.717, 1.165) is 10.7 Å². The summed E-state index contributed by atoms with van der Waals surface area (Å²) in [6.45, 7) is 8.31. The van der Waals surface area contributed by atoms with Crippen LogP contribution in [0, 0.1) is 11.3 Å². The Morgan fingerprint density at radius 1 is 1.21 bits per heavy atom. The van der Waals surface area contributed by atoms with E-state index in [1.165, 1.54) is 23.5 Å². The van der Waals surface area contributed by atoms with Gasteiger partial charge in [-0.15, -0.1) is 0 Å². The highest BCUT2D eigenvalue weighted by atomic mass is 32.2. The quantitative estimate of drug-likeness (QED) is 0.840. The van der Waals surface area contributed by atoms with E-state index in [1.54, 1.807) is 12.1 Å². The molecule has 5 heteroatoms. The lowest BCUT2D eigenvalue weighted by Gasteiger charge is -2.19. The predicted octanol–water partition coefficient (Wildman–Crippen LogP) is 4.37. The second kappa shape index (κ2) is 7.50. The second-order valence-electron chi connectivity index (χ2n) is 6.57. The molecule has 0 saturated heterocycles. The first-order chi connectivity index (χ1) is 11.3. The number of aromatic nitrogens is 1. The van der Waals surface area contributed by atoms with Crippen LogP contribution in [0.5, 0.6) is 0 Å². The van der Waals surface area contributed by atoms with E-state index in [-0.39, 0.29) is 16.6 Å². The molecular formula is C19H21N3OS. The number of hydrogen-bond donors (Lipinski definition) is 1. The summed E-state index contributed by atoms with van der Waals surface area (Å²) in [6, 6.07) is 13.4. The van der Waals surface area contributed by atoms with Crippen LogP contribution in [0.3, 0.4) is 0 Å². The van der Waals surface area contributed by atoms with Crippen molar-refractivity contribution in [1.82, 2.24) is 4.98 Å². The smallest absolute Gasteiger partial charge is 0.237 e. The third-order valence-electron chi connectivity index (χ3n) is 3.55. The number of carbonyl (C=O) groups excluding carboxylic acids is 1. The van der Waals surface area contributed by atoms with E-state index in [0.29, 0.717) is 5.56 Å². The van der Waals surface area contributed by atoms with Gasteiger partial charge in [-0.25, -0.2) is 4.98 Å². The second-order valence-corrected chi connectivity index (χ2v) is 7.93. The molecule has 2 aromatic rings. The summed E-state index contributed by atoms with van der Waals surface area (Å²) in [5.74, 6) is -0.0744. The van der Waals surface area contributed by atoms with E-state index < -0.39 is 0 Å². The van der Waals surface area contributed by atoms with Crippen LogP contribution in [0.2, 0.25) is 0 Å². The molecule has 1 atom stereocenters. The van der Waals surface area contributed by atoms with Gasteiger partial charge >= 0.3 is 0 Å². The van der Waals surface area contributed by atoms with Crippen molar-refractivity contribution < 1.29 is 4.79 Å². The Morgan fingerprint density at radius 2 is 1.88 bits per heavy atom. The van der Waals surface area contributed by atoms with Gasteiger partial charge in [-0.3, -0.25) is 4.79 Å². The molecule has 24 heavy (non-hydrogen) atoms. The summed E-state index contributed by atoms with van der Waals surface area (Å²) >= 11 is 1.36. The Hall–Kier alpha value is -2.32. The molecular weight excluding hydrogens is 318 g/mol. The largest absolute Gasteiger partial charge is 0.325 e. The number of nitrogens with zero attached hydrogens (tertiary/aromatic N) is 2. The van der Waals surface area contributed by atoms with Gasteiger partial charge in [-0.1, -0.05) is 44.7 Å². The third kappa shape index (κ3) is 4.84. The van der Waals surface area contributed by atoms with Gasteiger partial charge in [-0.05, 0) is 42.2 Å². The Balaban J connectivity index is 1.97. The Bertz CT molecular complexity index is 740. The first kappa shape index (κ1) is 18.0. The molecule has 1 N–H and O–H groups in total. The lowest BCUT2D eigenvalue weighted by molar-refractivity contribution is -0.115. The van der Waals surface area contributed by atoms with Crippen molar-refractivity contribution in [2.75, 3.05) is 5.32 Å². The number of thioether (sulfide) groups is 1. The Morgan fingerprint density at radius 3 is 2.38 bits per heavy atom. The Kier molecular flexibility index (Phi) is 5.63. The fraction of sp³-hybridized carbons (Fsp3) is 0.316. The minimum atomic E-state index is -0.285. The predicted molar refractivity (Wildman–Crippen MR) is 98.0 cm³/mol. The number of carbonyl (C=O) groups is 1. The minimum absolute atomic E-state index is 0.0744. The van der Waals surface area contributed by atoms with Crippen LogP contribution in [-0.2, 0) is 10.2 Å². The van der Waals surface area contributed by atoms with Gasteiger partial charge in [-0.2, -0.15) is 5.26 Å². The normalized spacial score (nSPS) is 12.3. The van der Waals surface area contributed by atoms with Crippen LogP contribution < -0.4 is 5.32 Å². The van der Waals surface area contributed by atoms with Crippen LogP contribution in [0.4, 0.5) is 5.69 Å². The van der Waals surface area contributed by atoms with Gasteiger partial charge in [0.05, 0.1) is 15.8 Å². The first-order valence-electron chi connectivity index (χ1n) is 7.74. The minimum Gasteiger partial charge on any atom is -0.325 e. The number of rotatable bonds is 4. The van der Waals surface area contributed by atoms with E-state index in [4.69, 9.17) is 5.26 Å². The number of amides is 1. The molecule has 0 saturated carbocycles. The van der Waals surface area contributed by atoms with Crippen molar-refractivity contribution in [2.45, 2.75) is 43.4 Å². The van der Waals surface area contributed by atoms with E-state index in [1.807, 2.05) is 37.3 Å².